The minimum Gasteiger partial charge on any atom is -0.0910 e. The Labute approximate surface area is 76.4 Å². The summed E-state index contributed by atoms with van der Waals surface area (Å²) >= 11 is 0. The first-order valence-corrected chi connectivity index (χ1v) is 4.87. The van der Waals surface area contributed by atoms with Crippen LogP contribution in [0.15, 0.2) is 23.8 Å². The minimum atomic E-state index is 0.464. The molecule has 0 spiro atoms. The Balaban J connectivity index is 2.88. The molecule has 0 aromatic carbocycles. The highest BCUT2D eigenvalue weighted by Crippen LogP contribution is 2.41. The lowest BCUT2D eigenvalue weighted by atomic mass is 9.69. The van der Waals surface area contributed by atoms with E-state index < -0.39 is 0 Å². The second-order valence-electron chi connectivity index (χ2n) is 4.48. The molecule has 1 aliphatic rings. The highest BCUT2D eigenvalue weighted by Gasteiger charge is 2.30. The average molecular weight is 164 g/mol. The molecule has 0 heterocycles. The molecule has 0 aromatic rings. The summed E-state index contributed by atoms with van der Waals surface area (Å²) in [6.07, 6.45) is 9.47. The molecule has 1 atom stereocenters. The molecule has 68 valence electrons. The minimum absolute atomic E-state index is 0.464. The van der Waals surface area contributed by atoms with E-state index in [1.54, 1.807) is 5.57 Å². The molecule has 0 saturated heterocycles. The molecule has 0 aromatic heterocycles. The maximum Gasteiger partial charge on any atom is 0.00252 e. The van der Waals surface area contributed by atoms with Crippen LogP contribution in [-0.2, 0) is 0 Å². The first kappa shape index (κ1) is 9.57. The van der Waals surface area contributed by atoms with E-state index in [0.29, 0.717) is 11.3 Å². The van der Waals surface area contributed by atoms with Crippen molar-refractivity contribution in [2.45, 2.75) is 40.5 Å². The van der Waals surface area contributed by atoms with E-state index in [1.807, 2.05) is 0 Å². The van der Waals surface area contributed by atoms with E-state index in [9.17, 15) is 0 Å². The molecule has 0 nitrogen and oxygen atoms in total. The van der Waals surface area contributed by atoms with Gasteiger partial charge < -0.3 is 0 Å². The lowest BCUT2D eigenvalue weighted by molar-refractivity contribution is 0.255. The summed E-state index contributed by atoms with van der Waals surface area (Å²) < 4.78 is 0. The molecule has 0 fully saturated rings. The van der Waals surface area contributed by atoms with Crippen LogP contribution in [0.3, 0.4) is 0 Å². The molecule has 0 saturated carbocycles. The first-order valence-electron chi connectivity index (χ1n) is 4.87. The Morgan fingerprint density at radius 1 is 1.50 bits per heavy atom. The van der Waals surface area contributed by atoms with Crippen molar-refractivity contribution in [2.24, 2.45) is 11.3 Å². The SMILES string of the molecule is C/C=C/C1C(C)=CCCC1(C)C. The Bertz CT molecular complexity index is 206. The van der Waals surface area contributed by atoms with Crippen LogP contribution in [0.5, 0.6) is 0 Å². The van der Waals surface area contributed by atoms with E-state index in [2.05, 4.69) is 45.9 Å². The van der Waals surface area contributed by atoms with Gasteiger partial charge >= 0.3 is 0 Å². The fourth-order valence-corrected chi connectivity index (χ4v) is 2.18. The first-order chi connectivity index (χ1) is 5.58. The van der Waals surface area contributed by atoms with Crippen LogP contribution < -0.4 is 0 Å². The van der Waals surface area contributed by atoms with E-state index in [4.69, 9.17) is 0 Å². The van der Waals surface area contributed by atoms with Crippen molar-refractivity contribution in [3.63, 3.8) is 0 Å². The van der Waals surface area contributed by atoms with Gasteiger partial charge in [-0.3, -0.25) is 0 Å². The van der Waals surface area contributed by atoms with Crippen LogP contribution in [0.2, 0.25) is 0 Å². The fourth-order valence-electron chi connectivity index (χ4n) is 2.18. The summed E-state index contributed by atoms with van der Waals surface area (Å²) in [5.41, 5.74) is 2.01. The molecule has 0 heteroatoms. The van der Waals surface area contributed by atoms with Crippen LogP contribution in [0.1, 0.15) is 40.5 Å². The Hall–Kier alpha value is -0.520. The molecule has 1 unspecified atom stereocenters. The van der Waals surface area contributed by atoms with E-state index in [0.717, 1.165) is 0 Å². The lowest BCUT2D eigenvalue weighted by Gasteiger charge is -2.36. The van der Waals surface area contributed by atoms with Crippen LogP contribution in [0, 0.1) is 11.3 Å². The van der Waals surface area contributed by atoms with Gasteiger partial charge in [0.1, 0.15) is 0 Å². The van der Waals surface area contributed by atoms with Gasteiger partial charge in [0.25, 0.3) is 0 Å². The van der Waals surface area contributed by atoms with Crippen molar-refractivity contribution in [1.82, 2.24) is 0 Å². The summed E-state index contributed by atoms with van der Waals surface area (Å²) in [4.78, 5) is 0. The molecular formula is C12H20. The van der Waals surface area contributed by atoms with Gasteiger partial charge in [-0.1, -0.05) is 37.6 Å². The Morgan fingerprint density at radius 3 is 2.67 bits per heavy atom. The second-order valence-corrected chi connectivity index (χ2v) is 4.48. The van der Waals surface area contributed by atoms with Crippen molar-refractivity contribution in [1.29, 1.82) is 0 Å². The molecular weight excluding hydrogens is 144 g/mol. The lowest BCUT2D eigenvalue weighted by Crippen LogP contribution is -2.26. The number of hydrogen-bond acceptors (Lipinski definition) is 0. The molecule has 0 aliphatic heterocycles. The zero-order valence-corrected chi connectivity index (χ0v) is 8.72. The molecule has 0 N–H and O–H groups in total. The molecule has 0 radical (unpaired) electrons. The van der Waals surface area contributed by atoms with Gasteiger partial charge in [0.15, 0.2) is 0 Å². The van der Waals surface area contributed by atoms with Crippen LogP contribution in [0.25, 0.3) is 0 Å². The van der Waals surface area contributed by atoms with Gasteiger partial charge in [-0.2, -0.15) is 0 Å². The summed E-state index contributed by atoms with van der Waals surface area (Å²) in [5, 5.41) is 0. The van der Waals surface area contributed by atoms with Crippen molar-refractivity contribution in [3.8, 4) is 0 Å². The third kappa shape index (κ3) is 1.80. The van der Waals surface area contributed by atoms with Gasteiger partial charge in [-0.05, 0) is 32.1 Å². The van der Waals surface area contributed by atoms with Gasteiger partial charge in [0.05, 0.1) is 0 Å². The average Bonchev–Trinajstić information content (AvgIpc) is 1.97. The quantitative estimate of drug-likeness (QED) is 0.515. The third-order valence-electron chi connectivity index (χ3n) is 2.97. The molecule has 0 amide bonds. The highest BCUT2D eigenvalue weighted by atomic mass is 14.3. The molecule has 1 aliphatic carbocycles. The standard InChI is InChI=1S/C12H20/c1-5-7-11-10(2)8-6-9-12(11,3)4/h5,7-8,11H,6,9H2,1-4H3/b7-5+. The summed E-state index contributed by atoms with van der Waals surface area (Å²) in [6, 6.07) is 0. The van der Waals surface area contributed by atoms with Crippen molar-refractivity contribution < 1.29 is 0 Å². The monoisotopic (exact) mass is 164 g/mol. The van der Waals surface area contributed by atoms with Crippen LogP contribution in [0.4, 0.5) is 0 Å². The van der Waals surface area contributed by atoms with Crippen molar-refractivity contribution in [3.05, 3.63) is 23.8 Å². The fraction of sp³-hybridized carbons (Fsp3) is 0.667. The topological polar surface area (TPSA) is 0 Å². The summed E-state index contributed by atoms with van der Waals surface area (Å²) in [7, 11) is 0. The smallest absolute Gasteiger partial charge is 0.00252 e. The van der Waals surface area contributed by atoms with Gasteiger partial charge in [0.2, 0.25) is 0 Å². The van der Waals surface area contributed by atoms with E-state index in [-0.39, 0.29) is 0 Å². The van der Waals surface area contributed by atoms with Gasteiger partial charge in [0, 0.05) is 5.92 Å². The number of allylic oxidation sites excluding steroid dienone is 4. The maximum atomic E-state index is 2.38. The van der Waals surface area contributed by atoms with Crippen LogP contribution in [-0.4, -0.2) is 0 Å². The largest absolute Gasteiger partial charge is 0.0910 e. The van der Waals surface area contributed by atoms with Gasteiger partial charge in [-0.15, -0.1) is 0 Å². The highest BCUT2D eigenvalue weighted by molar-refractivity contribution is 5.18. The molecule has 1 rings (SSSR count). The Morgan fingerprint density at radius 2 is 2.17 bits per heavy atom. The second kappa shape index (κ2) is 3.47. The molecule has 12 heavy (non-hydrogen) atoms. The predicted molar refractivity (Wildman–Crippen MR) is 55.1 cm³/mol. The van der Waals surface area contributed by atoms with Crippen molar-refractivity contribution in [2.75, 3.05) is 0 Å². The summed E-state index contributed by atoms with van der Waals surface area (Å²) in [6.45, 7) is 9.10. The normalized spacial score (nSPS) is 29.0. The van der Waals surface area contributed by atoms with Crippen LogP contribution >= 0.6 is 0 Å². The van der Waals surface area contributed by atoms with E-state index >= 15 is 0 Å². The summed E-state index contributed by atoms with van der Waals surface area (Å²) in [5.74, 6) is 0.663. The third-order valence-corrected chi connectivity index (χ3v) is 2.97. The Kier molecular flexibility index (Phi) is 2.76. The van der Waals surface area contributed by atoms with Gasteiger partial charge in [-0.25, -0.2) is 0 Å². The maximum absolute atomic E-state index is 2.38. The molecule has 0 bridgehead atoms. The zero-order chi connectivity index (χ0) is 9.19. The van der Waals surface area contributed by atoms with E-state index in [1.165, 1.54) is 12.8 Å². The predicted octanol–water partition coefficient (Wildman–Crippen LogP) is 3.95. The number of rotatable bonds is 1. The number of hydrogen-bond donors (Lipinski definition) is 0. The zero-order valence-electron chi connectivity index (χ0n) is 8.72. The van der Waals surface area contributed by atoms with Crippen molar-refractivity contribution >= 4 is 0 Å².